The van der Waals surface area contributed by atoms with E-state index in [0.29, 0.717) is 12.1 Å². The monoisotopic (exact) mass is 465 g/mol. The second-order valence-corrected chi connectivity index (χ2v) is 8.14. The molecule has 148 valence electrons. The van der Waals surface area contributed by atoms with Gasteiger partial charge in [-0.05, 0) is 51.5 Å². The predicted molar refractivity (Wildman–Crippen MR) is 119 cm³/mol. The van der Waals surface area contributed by atoms with Gasteiger partial charge in [0, 0.05) is 51.9 Å². The Kier molecular flexibility index (Phi) is 10.6. The van der Waals surface area contributed by atoms with Crippen molar-refractivity contribution in [1.82, 2.24) is 20.4 Å². The molecule has 1 aliphatic heterocycles. The predicted octanol–water partition coefficient (Wildman–Crippen LogP) is 2.62. The van der Waals surface area contributed by atoms with Crippen molar-refractivity contribution in [3.05, 3.63) is 0 Å². The van der Waals surface area contributed by atoms with Crippen molar-refractivity contribution in [3.63, 3.8) is 0 Å². The molecule has 2 rings (SSSR count). The Labute approximate surface area is 172 Å². The lowest BCUT2D eigenvalue weighted by molar-refractivity contribution is 0.120. The summed E-state index contributed by atoms with van der Waals surface area (Å²) in [6.07, 6.45) is 5.25. The summed E-state index contributed by atoms with van der Waals surface area (Å²) in [6, 6.07) is 1.14. The molecule has 2 aliphatic rings. The summed E-state index contributed by atoms with van der Waals surface area (Å²) in [5.74, 6) is 2.71. The highest BCUT2D eigenvalue weighted by molar-refractivity contribution is 14.0. The average Bonchev–Trinajstić information content (AvgIpc) is 2.59. The van der Waals surface area contributed by atoms with Gasteiger partial charge in [0.25, 0.3) is 0 Å². The van der Waals surface area contributed by atoms with E-state index in [9.17, 15) is 0 Å². The smallest absolute Gasteiger partial charge is 0.191 e. The second kappa shape index (κ2) is 11.6. The van der Waals surface area contributed by atoms with Crippen LogP contribution in [-0.2, 0) is 0 Å². The van der Waals surface area contributed by atoms with E-state index in [1.807, 2.05) is 7.05 Å². The highest BCUT2D eigenvalue weighted by Crippen LogP contribution is 2.29. The second-order valence-electron chi connectivity index (χ2n) is 8.14. The Morgan fingerprint density at radius 2 is 1.64 bits per heavy atom. The minimum atomic E-state index is 0. The molecule has 0 aromatic rings. The molecule has 1 saturated heterocycles. The van der Waals surface area contributed by atoms with Crippen LogP contribution in [0.1, 0.15) is 46.5 Å². The lowest BCUT2D eigenvalue weighted by atomic mass is 9.80. The number of halogens is 1. The first-order chi connectivity index (χ1) is 11.5. The minimum absolute atomic E-state index is 0. The fourth-order valence-corrected chi connectivity index (χ4v) is 3.95. The molecular formula is C19H40IN5. The molecule has 0 bridgehead atoms. The van der Waals surface area contributed by atoms with Crippen LogP contribution in [0.4, 0.5) is 0 Å². The summed E-state index contributed by atoms with van der Waals surface area (Å²) in [5.41, 5.74) is 0. The number of piperazine rings is 1. The number of hydrogen-bond acceptors (Lipinski definition) is 3. The van der Waals surface area contributed by atoms with Crippen LogP contribution >= 0.6 is 24.0 Å². The lowest BCUT2D eigenvalue weighted by Crippen LogP contribution is -2.53. The highest BCUT2D eigenvalue weighted by Gasteiger charge is 2.24. The van der Waals surface area contributed by atoms with Crippen molar-refractivity contribution < 1.29 is 0 Å². The first kappa shape index (κ1) is 23.0. The SMILES string of the molecule is CN=C(NCC(C)N1CCN(C)CC1)NC1CCC(C(C)C)CC1.I. The van der Waals surface area contributed by atoms with Crippen LogP contribution in [0.2, 0.25) is 0 Å². The van der Waals surface area contributed by atoms with Crippen LogP contribution < -0.4 is 10.6 Å². The molecule has 1 unspecified atom stereocenters. The molecule has 0 radical (unpaired) electrons. The van der Waals surface area contributed by atoms with Crippen LogP contribution in [0.3, 0.4) is 0 Å². The zero-order valence-electron chi connectivity index (χ0n) is 16.9. The third kappa shape index (κ3) is 7.59. The molecular weight excluding hydrogens is 425 g/mol. The number of rotatable bonds is 5. The standard InChI is InChI=1S/C19H39N5.HI/c1-15(2)17-6-8-18(9-7-17)22-19(20-4)21-14-16(3)24-12-10-23(5)11-13-24;/h15-18H,6-14H2,1-5H3,(H2,20,21,22);1H. The van der Waals surface area contributed by atoms with Gasteiger partial charge in [0.15, 0.2) is 5.96 Å². The molecule has 0 amide bonds. The van der Waals surface area contributed by atoms with Gasteiger partial charge in [-0.3, -0.25) is 9.89 Å². The van der Waals surface area contributed by atoms with Crippen LogP contribution in [-0.4, -0.2) is 74.7 Å². The molecule has 5 nitrogen and oxygen atoms in total. The summed E-state index contributed by atoms with van der Waals surface area (Å²) in [7, 11) is 4.09. The molecule has 2 N–H and O–H groups in total. The van der Waals surface area contributed by atoms with E-state index >= 15 is 0 Å². The van der Waals surface area contributed by atoms with Crippen molar-refractivity contribution in [2.24, 2.45) is 16.8 Å². The Hall–Kier alpha value is -0.0800. The zero-order chi connectivity index (χ0) is 17.5. The van der Waals surface area contributed by atoms with E-state index in [1.54, 1.807) is 0 Å². The van der Waals surface area contributed by atoms with Gasteiger partial charge >= 0.3 is 0 Å². The fraction of sp³-hybridized carbons (Fsp3) is 0.947. The molecule has 1 atom stereocenters. The quantitative estimate of drug-likeness (QED) is 0.372. The Balaban J connectivity index is 0.00000312. The van der Waals surface area contributed by atoms with E-state index in [4.69, 9.17) is 0 Å². The van der Waals surface area contributed by atoms with Gasteiger partial charge < -0.3 is 15.5 Å². The van der Waals surface area contributed by atoms with Gasteiger partial charge in [0.2, 0.25) is 0 Å². The number of guanidine groups is 1. The third-order valence-electron chi connectivity index (χ3n) is 6.01. The van der Waals surface area contributed by atoms with Crippen LogP contribution in [0.25, 0.3) is 0 Å². The van der Waals surface area contributed by atoms with Crippen LogP contribution in [0.5, 0.6) is 0 Å². The number of aliphatic imine (C=N–C) groups is 1. The van der Waals surface area contributed by atoms with Crippen molar-refractivity contribution in [2.45, 2.75) is 58.5 Å². The minimum Gasteiger partial charge on any atom is -0.355 e. The summed E-state index contributed by atoms with van der Waals surface area (Å²) in [6.45, 7) is 12.7. The van der Waals surface area contributed by atoms with Gasteiger partial charge in [-0.2, -0.15) is 0 Å². The maximum absolute atomic E-state index is 4.43. The van der Waals surface area contributed by atoms with Gasteiger partial charge in [-0.1, -0.05) is 13.8 Å². The molecule has 0 spiro atoms. The topological polar surface area (TPSA) is 42.9 Å². The van der Waals surface area contributed by atoms with E-state index in [2.05, 4.69) is 53.2 Å². The number of nitrogens with one attached hydrogen (secondary N) is 2. The zero-order valence-corrected chi connectivity index (χ0v) is 19.3. The molecule has 25 heavy (non-hydrogen) atoms. The van der Waals surface area contributed by atoms with Crippen molar-refractivity contribution in [1.29, 1.82) is 0 Å². The van der Waals surface area contributed by atoms with Crippen LogP contribution in [0.15, 0.2) is 4.99 Å². The summed E-state index contributed by atoms with van der Waals surface area (Å²) >= 11 is 0. The van der Waals surface area contributed by atoms with Crippen LogP contribution in [0, 0.1) is 11.8 Å². The van der Waals surface area contributed by atoms with E-state index < -0.39 is 0 Å². The number of hydrogen-bond donors (Lipinski definition) is 2. The van der Waals surface area contributed by atoms with E-state index in [1.165, 1.54) is 51.9 Å². The molecule has 0 aromatic carbocycles. The largest absolute Gasteiger partial charge is 0.355 e. The van der Waals surface area contributed by atoms with Crippen molar-refractivity contribution >= 4 is 29.9 Å². The molecule has 1 saturated carbocycles. The summed E-state index contributed by atoms with van der Waals surface area (Å²) < 4.78 is 0. The lowest BCUT2D eigenvalue weighted by Gasteiger charge is -2.37. The normalized spacial score (nSPS) is 27.7. The van der Waals surface area contributed by atoms with E-state index in [-0.39, 0.29) is 24.0 Å². The molecule has 1 aliphatic carbocycles. The molecule has 0 aromatic heterocycles. The Bertz CT molecular complexity index is 385. The highest BCUT2D eigenvalue weighted by atomic mass is 127. The van der Waals surface area contributed by atoms with Crippen molar-refractivity contribution in [3.8, 4) is 0 Å². The average molecular weight is 465 g/mol. The first-order valence-corrected chi connectivity index (χ1v) is 9.89. The van der Waals surface area contributed by atoms with Gasteiger partial charge in [-0.25, -0.2) is 0 Å². The first-order valence-electron chi connectivity index (χ1n) is 9.89. The Morgan fingerprint density at radius 1 is 1.04 bits per heavy atom. The molecule has 6 heteroatoms. The number of nitrogens with zero attached hydrogens (tertiary/aromatic N) is 3. The van der Waals surface area contributed by atoms with E-state index in [0.717, 1.165) is 24.3 Å². The third-order valence-corrected chi connectivity index (χ3v) is 6.01. The Morgan fingerprint density at radius 3 is 2.16 bits per heavy atom. The van der Waals surface area contributed by atoms with Gasteiger partial charge in [0.05, 0.1) is 0 Å². The maximum atomic E-state index is 4.43. The molecule has 1 heterocycles. The summed E-state index contributed by atoms with van der Waals surface area (Å²) in [4.78, 5) is 9.42. The van der Waals surface area contributed by atoms with Crippen molar-refractivity contribution in [2.75, 3.05) is 46.8 Å². The maximum Gasteiger partial charge on any atom is 0.191 e. The summed E-state index contributed by atoms with van der Waals surface area (Å²) in [5, 5.41) is 7.19. The van der Waals surface area contributed by atoms with Gasteiger partial charge in [0.1, 0.15) is 0 Å². The molecule has 2 fully saturated rings. The fourth-order valence-electron chi connectivity index (χ4n) is 3.95. The number of likely N-dealkylation sites (N-methyl/N-ethyl adjacent to an activating group) is 1. The van der Waals surface area contributed by atoms with Gasteiger partial charge in [-0.15, -0.1) is 24.0 Å².